The molecule has 0 aromatic heterocycles. The zero-order chi connectivity index (χ0) is 20.1. The summed E-state index contributed by atoms with van der Waals surface area (Å²) in [5.74, 6) is 3.79. The lowest BCUT2D eigenvalue weighted by atomic mass is 9.50. The summed E-state index contributed by atoms with van der Waals surface area (Å²) < 4.78 is 0. The Morgan fingerprint density at radius 3 is 2.57 bits per heavy atom. The van der Waals surface area contributed by atoms with Crippen molar-refractivity contribution in [2.45, 2.75) is 92.1 Å². The van der Waals surface area contributed by atoms with E-state index < -0.39 is 0 Å². The van der Waals surface area contributed by atoms with Crippen molar-refractivity contribution in [1.29, 1.82) is 0 Å². The van der Waals surface area contributed by atoms with Crippen molar-refractivity contribution in [2.75, 3.05) is 0 Å². The highest BCUT2D eigenvalue weighted by Gasteiger charge is 2.55. The van der Waals surface area contributed by atoms with Gasteiger partial charge in [-0.2, -0.15) is 0 Å². The van der Waals surface area contributed by atoms with E-state index in [0.29, 0.717) is 16.7 Å². The second-order valence-corrected chi connectivity index (χ2v) is 11.4. The minimum Gasteiger partial charge on any atom is -0.393 e. The molecule has 0 aromatic carbocycles. The van der Waals surface area contributed by atoms with Crippen molar-refractivity contribution < 1.29 is 5.11 Å². The van der Waals surface area contributed by atoms with Crippen LogP contribution in [0.4, 0.5) is 0 Å². The van der Waals surface area contributed by atoms with Crippen LogP contribution in [0.15, 0.2) is 35.5 Å². The molecule has 7 atom stereocenters. The zero-order valence-electron chi connectivity index (χ0n) is 18.9. The van der Waals surface area contributed by atoms with E-state index in [0.717, 1.165) is 36.5 Å². The first kappa shape index (κ1) is 20.5. The van der Waals surface area contributed by atoms with Gasteiger partial charge in [0.05, 0.1) is 6.10 Å². The molecule has 0 aliphatic heterocycles. The molecule has 4 aliphatic carbocycles. The molecule has 0 heterocycles. The Hall–Kier alpha value is -0.820. The number of rotatable bonds is 4. The van der Waals surface area contributed by atoms with E-state index >= 15 is 0 Å². The second kappa shape index (κ2) is 7.46. The molecule has 1 N–H and O–H groups in total. The van der Waals surface area contributed by atoms with E-state index in [1.165, 1.54) is 44.1 Å². The van der Waals surface area contributed by atoms with Gasteiger partial charge in [-0.3, -0.25) is 0 Å². The van der Waals surface area contributed by atoms with E-state index in [1.54, 1.807) is 5.57 Å². The Labute approximate surface area is 173 Å². The lowest BCUT2D eigenvalue weighted by molar-refractivity contribution is 0.0453. The Morgan fingerprint density at radius 1 is 1.04 bits per heavy atom. The molecule has 0 aromatic rings. The van der Waals surface area contributed by atoms with Crippen LogP contribution in [-0.2, 0) is 0 Å². The summed E-state index contributed by atoms with van der Waals surface area (Å²) in [5, 5.41) is 10.2. The molecule has 156 valence electrons. The summed E-state index contributed by atoms with van der Waals surface area (Å²) in [5.41, 5.74) is 4.11. The normalized spacial score (nSPS) is 44.0. The van der Waals surface area contributed by atoms with Gasteiger partial charge >= 0.3 is 0 Å². The van der Waals surface area contributed by atoms with Crippen LogP contribution in [0.25, 0.3) is 0 Å². The largest absolute Gasteiger partial charge is 0.393 e. The highest BCUT2D eigenvalue weighted by atomic mass is 16.3. The van der Waals surface area contributed by atoms with Gasteiger partial charge in [-0.25, -0.2) is 0 Å². The molecule has 0 radical (unpaired) electrons. The molecule has 0 spiro atoms. The molecule has 2 unspecified atom stereocenters. The first-order valence-corrected chi connectivity index (χ1v) is 12.0. The van der Waals surface area contributed by atoms with Crippen LogP contribution in [0.3, 0.4) is 0 Å². The van der Waals surface area contributed by atoms with Crippen molar-refractivity contribution in [3.8, 4) is 0 Å². The third-order valence-corrected chi connectivity index (χ3v) is 9.65. The number of aliphatic hydroxyl groups is 1. The smallest absolute Gasteiger partial charge is 0.0578 e. The fraction of sp³-hybridized carbons (Fsp3) is 0.778. The molecule has 0 saturated heterocycles. The lowest BCUT2D eigenvalue weighted by Crippen LogP contribution is -2.45. The molecule has 1 nitrogen and oxygen atoms in total. The molecule has 4 rings (SSSR count). The first-order chi connectivity index (χ1) is 13.3. The minimum atomic E-state index is -0.112. The summed E-state index contributed by atoms with van der Waals surface area (Å²) >= 11 is 0. The van der Waals surface area contributed by atoms with Gasteiger partial charge in [-0.05, 0) is 91.8 Å². The second-order valence-electron chi connectivity index (χ2n) is 11.4. The number of allylic oxidation sites excluding steroid dienone is 5. The fourth-order valence-corrected chi connectivity index (χ4v) is 7.16. The maximum atomic E-state index is 10.2. The highest BCUT2D eigenvalue weighted by molar-refractivity contribution is 5.38. The fourth-order valence-electron chi connectivity index (χ4n) is 7.16. The number of hydrogen-bond acceptors (Lipinski definition) is 1. The quantitative estimate of drug-likeness (QED) is 0.515. The van der Waals surface area contributed by atoms with Crippen LogP contribution in [-0.4, -0.2) is 11.2 Å². The van der Waals surface area contributed by atoms with Gasteiger partial charge in [0.15, 0.2) is 0 Å². The van der Waals surface area contributed by atoms with Gasteiger partial charge in [0.1, 0.15) is 0 Å². The van der Waals surface area contributed by atoms with Gasteiger partial charge in [-0.1, -0.05) is 70.1 Å². The van der Waals surface area contributed by atoms with E-state index in [9.17, 15) is 5.11 Å². The van der Waals surface area contributed by atoms with E-state index in [2.05, 4.69) is 58.9 Å². The molecule has 0 bridgehead atoms. The van der Waals surface area contributed by atoms with Crippen LogP contribution >= 0.6 is 0 Å². The predicted molar refractivity (Wildman–Crippen MR) is 119 cm³/mol. The monoisotopic (exact) mass is 382 g/mol. The first-order valence-electron chi connectivity index (χ1n) is 12.0. The summed E-state index contributed by atoms with van der Waals surface area (Å²) in [6, 6.07) is 0. The Morgan fingerprint density at radius 2 is 1.82 bits per heavy atom. The third-order valence-electron chi connectivity index (χ3n) is 9.65. The van der Waals surface area contributed by atoms with Crippen molar-refractivity contribution >= 4 is 0 Å². The molecule has 1 heteroatoms. The molecular formula is C27H42O. The maximum Gasteiger partial charge on any atom is 0.0578 e. The van der Waals surface area contributed by atoms with Crippen molar-refractivity contribution in [1.82, 2.24) is 0 Å². The molecule has 4 aliphatic rings. The molecule has 3 saturated carbocycles. The van der Waals surface area contributed by atoms with E-state index in [-0.39, 0.29) is 6.10 Å². The predicted octanol–water partition coefficient (Wildman–Crippen LogP) is 7.08. The van der Waals surface area contributed by atoms with Gasteiger partial charge < -0.3 is 5.11 Å². The standard InChI is InChI=1S/C27H42O/c1-18(2)19(3)7-6-8-20-10-12-24-23-11-9-21-17-22(28)13-15-27(21,5)25(23)14-16-26(20,24)4/h6-7,9,11,18-20,22,24-25,28H,8,10,12-17H2,1-5H3/b7-6+/t19-,20+,22+,24?,25?,26-,27+/m1/s1. The lowest BCUT2D eigenvalue weighted by Gasteiger charge is -2.54. The SMILES string of the molecule is CC(C)[C@H](C)/C=C/C[C@H]1CCC2C3=CC=C4C[C@@H](O)CC[C@]4(C)C3CC[C@@]21C. The van der Waals surface area contributed by atoms with Gasteiger partial charge in [0.2, 0.25) is 0 Å². The Balaban J connectivity index is 1.53. The number of fused-ring (bicyclic) bond motifs is 5. The van der Waals surface area contributed by atoms with Crippen molar-refractivity contribution in [2.24, 2.45) is 40.4 Å². The molecule has 3 fully saturated rings. The summed E-state index contributed by atoms with van der Waals surface area (Å²) in [6.45, 7) is 12.1. The van der Waals surface area contributed by atoms with Crippen LogP contribution in [0.1, 0.15) is 86.0 Å². The average Bonchev–Trinajstić information content (AvgIpc) is 2.99. The molecule has 28 heavy (non-hydrogen) atoms. The van der Waals surface area contributed by atoms with Crippen molar-refractivity contribution in [3.05, 3.63) is 35.5 Å². The van der Waals surface area contributed by atoms with Gasteiger partial charge in [0, 0.05) is 0 Å². The minimum absolute atomic E-state index is 0.112. The van der Waals surface area contributed by atoms with E-state index in [4.69, 9.17) is 0 Å². The Kier molecular flexibility index (Phi) is 5.45. The van der Waals surface area contributed by atoms with Gasteiger partial charge in [0.25, 0.3) is 0 Å². The summed E-state index contributed by atoms with van der Waals surface area (Å²) in [4.78, 5) is 0. The number of aliphatic hydroxyl groups excluding tert-OH is 1. The maximum absolute atomic E-state index is 10.2. The van der Waals surface area contributed by atoms with Gasteiger partial charge in [-0.15, -0.1) is 0 Å². The van der Waals surface area contributed by atoms with Crippen LogP contribution in [0.5, 0.6) is 0 Å². The average molecular weight is 383 g/mol. The molecule has 0 amide bonds. The summed E-state index contributed by atoms with van der Waals surface area (Å²) in [7, 11) is 0. The third kappa shape index (κ3) is 3.26. The zero-order valence-corrected chi connectivity index (χ0v) is 18.9. The van der Waals surface area contributed by atoms with Crippen LogP contribution < -0.4 is 0 Å². The highest BCUT2D eigenvalue weighted by Crippen LogP contribution is 2.65. The Bertz CT molecular complexity index is 682. The number of hydrogen-bond donors (Lipinski definition) is 1. The molecular weight excluding hydrogens is 340 g/mol. The summed E-state index contributed by atoms with van der Waals surface area (Å²) in [6.07, 6.45) is 19.6. The van der Waals surface area contributed by atoms with Crippen LogP contribution in [0.2, 0.25) is 0 Å². The van der Waals surface area contributed by atoms with E-state index in [1.807, 2.05) is 0 Å². The topological polar surface area (TPSA) is 20.2 Å². The van der Waals surface area contributed by atoms with Crippen molar-refractivity contribution in [3.63, 3.8) is 0 Å². The van der Waals surface area contributed by atoms with Crippen LogP contribution in [0, 0.1) is 40.4 Å².